The molecule has 128 valence electrons. The molecule has 1 aromatic heterocycles. The number of nitrogens with one attached hydrogen (secondary N) is 2. The topological polar surface area (TPSA) is 51.4 Å². The molecule has 5 heteroatoms. The Morgan fingerprint density at radius 3 is 2.79 bits per heavy atom. The van der Waals surface area contributed by atoms with E-state index >= 15 is 0 Å². The molecule has 1 amide bonds. The standard InChI is InChI=1S/C19H26N4O/c1-14-8-7-11-22(12-14)13-18(24)20-19-15(2)21-23(16(19)3)17-9-5-4-6-10-17/h4-6,9-10,14H,7-8,11-13H2,1-3H3,(H,20,24)/p+1/t14-/m0/s1. The van der Waals surface area contributed by atoms with E-state index in [9.17, 15) is 4.79 Å². The van der Waals surface area contributed by atoms with Gasteiger partial charge in [0.1, 0.15) is 0 Å². The van der Waals surface area contributed by atoms with Gasteiger partial charge in [-0.05, 0) is 38.8 Å². The van der Waals surface area contributed by atoms with Gasteiger partial charge in [0.25, 0.3) is 5.91 Å². The van der Waals surface area contributed by atoms with E-state index in [2.05, 4.69) is 17.3 Å². The van der Waals surface area contributed by atoms with Crippen molar-refractivity contribution in [3.05, 3.63) is 41.7 Å². The van der Waals surface area contributed by atoms with Crippen molar-refractivity contribution in [1.82, 2.24) is 9.78 Å². The number of carbonyl (C=O) groups is 1. The van der Waals surface area contributed by atoms with E-state index in [4.69, 9.17) is 0 Å². The Bertz CT molecular complexity index is 708. The molecule has 1 aromatic carbocycles. The van der Waals surface area contributed by atoms with Crippen molar-refractivity contribution < 1.29 is 9.69 Å². The van der Waals surface area contributed by atoms with Crippen LogP contribution in [0.1, 0.15) is 31.2 Å². The lowest BCUT2D eigenvalue weighted by Crippen LogP contribution is -3.14. The highest BCUT2D eigenvalue weighted by Gasteiger charge is 2.23. The molecular weight excluding hydrogens is 300 g/mol. The third kappa shape index (κ3) is 3.67. The molecule has 2 atom stereocenters. The third-order valence-corrected chi connectivity index (χ3v) is 4.83. The second-order valence-electron chi connectivity index (χ2n) is 6.97. The lowest BCUT2D eigenvalue weighted by Gasteiger charge is -2.27. The van der Waals surface area contributed by atoms with Crippen LogP contribution < -0.4 is 10.2 Å². The first-order valence-electron chi connectivity index (χ1n) is 8.79. The molecule has 1 saturated heterocycles. The molecule has 0 spiro atoms. The molecule has 3 rings (SSSR count). The number of rotatable bonds is 4. The minimum Gasteiger partial charge on any atom is -0.327 e. The average molecular weight is 327 g/mol. The first kappa shape index (κ1) is 16.7. The second kappa shape index (κ2) is 7.18. The van der Waals surface area contributed by atoms with E-state index in [1.54, 1.807) is 0 Å². The molecule has 0 aliphatic carbocycles. The molecule has 0 saturated carbocycles. The number of aromatic nitrogens is 2. The van der Waals surface area contributed by atoms with E-state index in [1.807, 2.05) is 48.9 Å². The normalized spacial score (nSPS) is 20.8. The number of amides is 1. The quantitative estimate of drug-likeness (QED) is 0.899. The fourth-order valence-corrected chi connectivity index (χ4v) is 3.61. The van der Waals surface area contributed by atoms with Crippen molar-refractivity contribution in [1.29, 1.82) is 0 Å². The van der Waals surface area contributed by atoms with Crippen LogP contribution in [0.15, 0.2) is 30.3 Å². The van der Waals surface area contributed by atoms with Crippen LogP contribution in [0, 0.1) is 19.8 Å². The van der Waals surface area contributed by atoms with Crippen molar-refractivity contribution in [2.45, 2.75) is 33.6 Å². The summed E-state index contributed by atoms with van der Waals surface area (Å²) in [6.07, 6.45) is 2.50. The number of carbonyl (C=O) groups excluding carboxylic acids is 1. The third-order valence-electron chi connectivity index (χ3n) is 4.83. The highest BCUT2D eigenvalue weighted by molar-refractivity contribution is 5.92. The molecule has 1 aliphatic heterocycles. The van der Waals surface area contributed by atoms with Crippen LogP contribution in [0.25, 0.3) is 5.69 Å². The maximum Gasteiger partial charge on any atom is 0.279 e. The minimum absolute atomic E-state index is 0.0814. The first-order chi connectivity index (χ1) is 11.5. The van der Waals surface area contributed by atoms with E-state index < -0.39 is 0 Å². The number of hydrogen-bond donors (Lipinski definition) is 2. The van der Waals surface area contributed by atoms with Crippen LogP contribution in [0.5, 0.6) is 0 Å². The summed E-state index contributed by atoms with van der Waals surface area (Å²) < 4.78 is 1.89. The van der Waals surface area contributed by atoms with Gasteiger partial charge in [-0.3, -0.25) is 4.79 Å². The lowest BCUT2D eigenvalue weighted by molar-refractivity contribution is -0.900. The fourth-order valence-electron chi connectivity index (χ4n) is 3.61. The van der Waals surface area contributed by atoms with Gasteiger partial charge in [-0.15, -0.1) is 0 Å². The predicted molar refractivity (Wildman–Crippen MR) is 95.6 cm³/mol. The Kier molecular flexibility index (Phi) is 5.00. The van der Waals surface area contributed by atoms with Gasteiger partial charge in [0, 0.05) is 5.92 Å². The number of benzene rings is 1. The van der Waals surface area contributed by atoms with E-state index in [0.717, 1.165) is 35.9 Å². The summed E-state index contributed by atoms with van der Waals surface area (Å²) in [5, 5.41) is 7.68. The molecule has 2 heterocycles. The molecule has 1 fully saturated rings. The summed E-state index contributed by atoms with van der Waals surface area (Å²) in [7, 11) is 0. The van der Waals surface area contributed by atoms with Crippen molar-refractivity contribution in [2.75, 3.05) is 25.0 Å². The number of nitrogens with zero attached hydrogens (tertiary/aromatic N) is 2. The number of para-hydroxylation sites is 1. The average Bonchev–Trinajstić information content (AvgIpc) is 2.84. The number of piperidine rings is 1. The molecule has 24 heavy (non-hydrogen) atoms. The van der Waals surface area contributed by atoms with Gasteiger partial charge in [0.15, 0.2) is 6.54 Å². The summed E-state index contributed by atoms with van der Waals surface area (Å²) in [6.45, 7) is 8.94. The molecule has 1 unspecified atom stereocenters. The van der Waals surface area contributed by atoms with E-state index in [-0.39, 0.29) is 5.91 Å². The Morgan fingerprint density at radius 2 is 2.08 bits per heavy atom. The summed E-state index contributed by atoms with van der Waals surface area (Å²) in [4.78, 5) is 13.9. The summed E-state index contributed by atoms with van der Waals surface area (Å²) >= 11 is 0. The monoisotopic (exact) mass is 327 g/mol. The van der Waals surface area contributed by atoms with Gasteiger partial charge in [0.2, 0.25) is 0 Å². The molecule has 1 aliphatic rings. The van der Waals surface area contributed by atoms with Crippen molar-refractivity contribution in [3.63, 3.8) is 0 Å². The van der Waals surface area contributed by atoms with Gasteiger partial charge in [0.05, 0.1) is 35.9 Å². The SMILES string of the molecule is Cc1nn(-c2ccccc2)c(C)c1NC(=O)C[NH+]1CCC[C@H](C)C1. The van der Waals surface area contributed by atoms with Gasteiger partial charge in [-0.1, -0.05) is 25.1 Å². The van der Waals surface area contributed by atoms with Crippen molar-refractivity contribution in [3.8, 4) is 5.69 Å². The van der Waals surface area contributed by atoms with E-state index in [0.29, 0.717) is 12.5 Å². The zero-order chi connectivity index (χ0) is 17.1. The van der Waals surface area contributed by atoms with Gasteiger partial charge in [-0.25, -0.2) is 4.68 Å². The fraction of sp³-hybridized carbons (Fsp3) is 0.474. The molecule has 2 N–H and O–H groups in total. The predicted octanol–water partition coefficient (Wildman–Crippen LogP) is 1.74. The summed E-state index contributed by atoms with van der Waals surface area (Å²) in [5.41, 5.74) is 3.67. The first-order valence-corrected chi connectivity index (χ1v) is 8.79. The zero-order valence-corrected chi connectivity index (χ0v) is 14.8. The van der Waals surface area contributed by atoms with Crippen LogP contribution >= 0.6 is 0 Å². The van der Waals surface area contributed by atoms with Crippen LogP contribution in [0.2, 0.25) is 0 Å². The highest BCUT2D eigenvalue weighted by Crippen LogP contribution is 2.22. The van der Waals surface area contributed by atoms with Crippen LogP contribution in [0.4, 0.5) is 5.69 Å². The van der Waals surface area contributed by atoms with Crippen molar-refractivity contribution in [2.24, 2.45) is 5.92 Å². The van der Waals surface area contributed by atoms with Gasteiger partial charge < -0.3 is 10.2 Å². The number of aryl methyl sites for hydroxylation is 1. The van der Waals surface area contributed by atoms with Gasteiger partial charge >= 0.3 is 0 Å². The van der Waals surface area contributed by atoms with Gasteiger partial charge in [-0.2, -0.15) is 5.10 Å². The number of quaternary nitrogens is 1. The second-order valence-corrected chi connectivity index (χ2v) is 6.97. The molecule has 0 radical (unpaired) electrons. The highest BCUT2D eigenvalue weighted by atomic mass is 16.2. The number of hydrogen-bond acceptors (Lipinski definition) is 2. The Morgan fingerprint density at radius 1 is 1.33 bits per heavy atom. The van der Waals surface area contributed by atoms with E-state index in [1.165, 1.54) is 17.7 Å². The molecule has 0 bridgehead atoms. The summed E-state index contributed by atoms with van der Waals surface area (Å²) in [5.74, 6) is 0.795. The number of likely N-dealkylation sites (tertiary alicyclic amines) is 1. The Balaban J connectivity index is 1.71. The molecule has 5 nitrogen and oxygen atoms in total. The Labute approximate surface area is 143 Å². The molecular formula is C19H27N4O+. The largest absolute Gasteiger partial charge is 0.327 e. The minimum atomic E-state index is 0.0814. The Hall–Kier alpha value is -2.14. The summed E-state index contributed by atoms with van der Waals surface area (Å²) in [6, 6.07) is 10.0. The maximum absolute atomic E-state index is 12.5. The molecule has 2 aromatic rings. The zero-order valence-electron chi connectivity index (χ0n) is 14.8. The van der Waals surface area contributed by atoms with Crippen molar-refractivity contribution >= 4 is 11.6 Å². The van der Waals surface area contributed by atoms with Crippen LogP contribution in [0.3, 0.4) is 0 Å². The number of anilines is 1. The lowest BCUT2D eigenvalue weighted by atomic mass is 10.0. The van der Waals surface area contributed by atoms with Crippen LogP contribution in [-0.4, -0.2) is 35.3 Å². The smallest absolute Gasteiger partial charge is 0.279 e. The maximum atomic E-state index is 12.5. The van der Waals surface area contributed by atoms with Crippen LogP contribution in [-0.2, 0) is 4.79 Å².